The van der Waals surface area contributed by atoms with E-state index in [0.29, 0.717) is 27.6 Å². The van der Waals surface area contributed by atoms with Gasteiger partial charge in [0.05, 0.1) is 25.2 Å². The predicted molar refractivity (Wildman–Crippen MR) is 81.5 cm³/mol. The van der Waals surface area contributed by atoms with Crippen LogP contribution in [0.2, 0.25) is 5.02 Å². The van der Waals surface area contributed by atoms with Gasteiger partial charge in [-0.2, -0.15) is 5.26 Å². The van der Waals surface area contributed by atoms with Crippen LogP contribution in [-0.4, -0.2) is 13.0 Å². The van der Waals surface area contributed by atoms with Crippen molar-refractivity contribution in [2.24, 2.45) is 0 Å². The number of nitrogens with one attached hydrogen (secondary N) is 1. The fraction of sp³-hybridized carbons (Fsp3) is 0.125. The Balaban J connectivity index is 2.06. The molecule has 5 heteroatoms. The van der Waals surface area contributed by atoms with Gasteiger partial charge in [0.1, 0.15) is 5.75 Å². The zero-order chi connectivity index (χ0) is 15.2. The molecule has 0 aromatic heterocycles. The molecule has 2 aromatic carbocycles. The van der Waals surface area contributed by atoms with Crippen molar-refractivity contribution < 1.29 is 9.53 Å². The molecule has 0 atom stereocenters. The number of anilines is 1. The normalized spacial score (nSPS) is 9.76. The van der Waals surface area contributed by atoms with Crippen molar-refractivity contribution in [3.8, 4) is 11.8 Å². The van der Waals surface area contributed by atoms with Gasteiger partial charge in [0.25, 0.3) is 0 Å². The molecule has 0 fully saturated rings. The number of amides is 1. The highest BCUT2D eigenvalue weighted by molar-refractivity contribution is 6.31. The number of hydrogen-bond donors (Lipinski definition) is 1. The average Bonchev–Trinajstić information content (AvgIpc) is 2.49. The first-order chi connectivity index (χ1) is 10.1. The number of nitriles is 1. The summed E-state index contributed by atoms with van der Waals surface area (Å²) < 4.78 is 5.06. The number of carbonyl (C=O) groups excluding carboxylic acids is 1. The van der Waals surface area contributed by atoms with Crippen molar-refractivity contribution in [1.82, 2.24) is 0 Å². The number of rotatable bonds is 4. The van der Waals surface area contributed by atoms with Crippen LogP contribution in [0.15, 0.2) is 42.5 Å². The molecule has 0 aliphatic rings. The van der Waals surface area contributed by atoms with E-state index in [1.807, 2.05) is 6.07 Å². The van der Waals surface area contributed by atoms with Gasteiger partial charge in [0, 0.05) is 10.7 Å². The number of halogens is 1. The highest BCUT2D eigenvalue weighted by atomic mass is 35.5. The summed E-state index contributed by atoms with van der Waals surface area (Å²) in [5.41, 5.74) is 1.80. The summed E-state index contributed by atoms with van der Waals surface area (Å²) in [6.07, 6.45) is 0.152. The maximum atomic E-state index is 12.0. The second-order valence-electron chi connectivity index (χ2n) is 4.37. The second-order valence-corrected chi connectivity index (χ2v) is 4.78. The Morgan fingerprint density at radius 1 is 1.33 bits per heavy atom. The summed E-state index contributed by atoms with van der Waals surface area (Å²) >= 11 is 6.10. The van der Waals surface area contributed by atoms with Crippen LogP contribution >= 0.6 is 11.6 Å². The molecule has 1 amide bonds. The number of benzene rings is 2. The van der Waals surface area contributed by atoms with E-state index in [-0.39, 0.29) is 12.3 Å². The van der Waals surface area contributed by atoms with Crippen LogP contribution in [0.1, 0.15) is 11.1 Å². The molecule has 0 bridgehead atoms. The Kier molecular flexibility index (Phi) is 4.81. The lowest BCUT2D eigenvalue weighted by atomic mass is 10.1. The topological polar surface area (TPSA) is 62.1 Å². The third-order valence-electron chi connectivity index (χ3n) is 2.89. The van der Waals surface area contributed by atoms with Gasteiger partial charge in [-0.1, -0.05) is 23.7 Å². The SMILES string of the molecule is COc1ccc(CC(=O)Nc2cccc(C#N)c2)c(Cl)c1. The van der Waals surface area contributed by atoms with Gasteiger partial charge in [-0.15, -0.1) is 0 Å². The van der Waals surface area contributed by atoms with E-state index in [4.69, 9.17) is 21.6 Å². The van der Waals surface area contributed by atoms with Gasteiger partial charge in [0.15, 0.2) is 0 Å². The minimum atomic E-state index is -0.197. The predicted octanol–water partition coefficient (Wildman–Crippen LogP) is 3.40. The summed E-state index contributed by atoms with van der Waals surface area (Å²) in [5.74, 6) is 0.447. The Labute approximate surface area is 127 Å². The highest BCUT2D eigenvalue weighted by Crippen LogP contribution is 2.23. The van der Waals surface area contributed by atoms with Crippen molar-refractivity contribution in [2.75, 3.05) is 12.4 Å². The fourth-order valence-corrected chi connectivity index (χ4v) is 2.08. The molecule has 0 aliphatic heterocycles. The lowest BCUT2D eigenvalue weighted by Crippen LogP contribution is -2.14. The van der Waals surface area contributed by atoms with Gasteiger partial charge < -0.3 is 10.1 Å². The molecule has 106 valence electrons. The molecule has 0 unspecified atom stereocenters. The molecule has 0 saturated carbocycles. The quantitative estimate of drug-likeness (QED) is 0.941. The number of ether oxygens (including phenoxy) is 1. The average molecular weight is 301 g/mol. The maximum Gasteiger partial charge on any atom is 0.228 e. The van der Waals surface area contributed by atoms with Crippen molar-refractivity contribution in [3.63, 3.8) is 0 Å². The van der Waals surface area contributed by atoms with Crippen LogP contribution in [-0.2, 0) is 11.2 Å². The monoisotopic (exact) mass is 300 g/mol. The number of hydrogen-bond acceptors (Lipinski definition) is 3. The van der Waals surface area contributed by atoms with E-state index in [0.717, 1.165) is 0 Å². The van der Waals surface area contributed by atoms with E-state index >= 15 is 0 Å². The molecule has 0 heterocycles. The Morgan fingerprint density at radius 2 is 2.14 bits per heavy atom. The largest absolute Gasteiger partial charge is 0.497 e. The van der Waals surface area contributed by atoms with Crippen LogP contribution in [0.5, 0.6) is 5.75 Å². The standard InChI is InChI=1S/C16H13ClN2O2/c1-21-14-6-5-12(15(17)9-14)8-16(20)19-13-4-2-3-11(7-13)10-18/h2-7,9H,8H2,1H3,(H,19,20). The van der Waals surface area contributed by atoms with Gasteiger partial charge >= 0.3 is 0 Å². The fourth-order valence-electron chi connectivity index (χ4n) is 1.84. The third kappa shape index (κ3) is 3.98. The lowest BCUT2D eigenvalue weighted by Gasteiger charge is -2.08. The summed E-state index contributed by atoms with van der Waals surface area (Å²) in [5, 5.41) is 12.0. The molecular formula is C16H13ClN2O2. The van der Waals surface area contributed by atoms with Crippen molar-refractivity contribution in [1.29, 1.82) is 5.26 Å². The van der Waals surface area contributed by atoms with Crippen LogP contribution in [0.4, 0.5) is 5.69 Å². The zero-order valence-electron chi connectivity index (χ0n) is 11.4. The summed E-state index contributed by atoms with van der Waals surface area (Å²) in [6, 6.07) is 13.9. The Morgan fingerprint density at radius 3 is 2.81 bits per heavy atom. The first-order valence-electron chi connectivity index (χ1n) is 6.25. The third-order valence-corrected chi connectivity index (χ3v) is 3.24. The molecule has 1 N–H and O–H groups in total. The molecule has 2 rings (SSSR count). The van der Waals surface area contributed by atoms with Gasteiger partial charge in [0.2, 0.25) is 5.91 Å². The van der Waals surface area contributed by atoms with Gasteiger partial charge in [-0.3, -0.25) is 4.79 Å². The molecular weight excluding hydrogens is 288 g/mol. The minimum Gasteiger partial charge on any atom is -0.497 e. The van der Waals surface area contributed by atoms with Crippen LogP contribution in [0, 0.1) is 11.3 Å². The second kappa shape index (κ2) is 6.78. The van der Waals surface area contributed by atoms with Crippen molar-refractivity contribution in [2.45, 2.75) is 6.42 Å². The smallest absolute Gasteiger partial charge is 0.228 e. The lowest BCUT2D eigenvalue weighted by molar-refractivity contribution is -0.115. The van der Waals surface area contributed by atoms with Gasteiger partial charge in [-0.25, -0.2) is 0 Å². The van der Waals surface area contributed by atoms with Crippen LogP contribution in [0.3, 0.4) is 0 Å². The first-order valence-corrected chi connectivity index (χ1v) is 6.62. The van der Waals surface area contributed by atoms with Crippen molar-refractivity contribution in [3.05, 3.63) is 58.6 Å². The maximum absolute atomic E-state index is 12.0. The zero-order valence-corrected chi connectivity index (χ0v) is 12.1. The van der Waals surface area contributed by atoms with Crippen LogP contribution < -0.4 is 10.1 Å². The molecule has 4 nitrogen and oxygen atoms in total. The highest BCUT2D eigenvalue weighted by Gasteiger charge is 2.09. The number of methoxy groups -OCH3 is 1. The Bertz CT molecular complexity index is 708. The van der Waals surface area contributed by atoms with E-state index < -0.39 is 0 Å². The summed E-state index contributed by atoms with van der Waals surface area (Å²) in [7, 11) is 1.56. The molecule has 21 heavy (non-hydrogen) atoms. The minimum absolute atomic E-state index is 0.152. The first kappa shape index (κ1) is 14.9. The van der Waals surface area contributed by atoms with Crippen LogP contribution in [0.25, 0.3) is 0 Å². The number of nitrogens with zero attached hydrogens (tertiary/aromatic N) is 1. The summed E-state index contributed by atoms with van der Waals surface area (Å²) in [4.78, 5) is 12.0. The molecule has 0 saturated heterocycles. The van der Waals surface area contributed by atoms with E-state index in [1.54, 1.807) is 49.6 Å². The summed E-state index contributed by atoms with van der Waals surface area (Å²) in [6.45, 7) is 0. The molecule has 0 radical (unpaired) electrons. The van der Waals surface area contributed by atoms with E-state index in [1.165, 1.54) is 0 Å². The van der Waals surface area contributed by atoms with E-state index in [2.05, 4.69) is 5.32 Å². The molecule has 0 spiro atoms. The Hall–Kier alpha value is -2.51. The van der Waals surface area contributed by atoms with E-state index in [9.17, 15) is 4.79 Å². The number of carbonyl (C=O) groups is 1. The molecule has 2 aromatic rings. The van der Waals surface area contributed by atoms with Crippen molar-refractivity contribution >= 4 is 23.2 Å². The van der Waals surface area contributed by atoms with Gasteiger partial charge in [-0.05, 0) is 35.9 Å². The molecule has 0 aliphatic carbocycles.